The van der Waals surface area contributed by atoms with E-state index in [1.807, 2.05) is 48.2 Å². The zero-order valence-electron chi connectivity index (χ0n) is 11.3. The largest absolute Gasteiger partial charge is 0.462 e. The highest BCUT2D eigenvalue weighted by molar-refractivity contribution is 5.92. The molecule has 0 amide bonds. The van der Waals surface area contributed by atoms with Crippen molar-refractivity contribution >= 4 is 5.97 Å². The highest BCUT2D eigenvalue weighted by Gasteiger charge is 2.11. The van der Waals surface area contributed by atoms with Crippen LogP contribution in [-0.4, -0.2) is 24.0 Å². The van der Waals surface area contributed by atoms with Crippen LogP contribution in [0.5, 0.6) is 0 Å². The maximum Gasteiger partial charge on any atom is 0.350 e. The predicted molar refractivity (Wildman–Crippen MR) is 72.9 cm³/mol. The Balaban J connectivity index is 2.79. The fourth-order valence-corrected chi connectivity index (χ4v) is 1.59. The van der Waals surface area contributed by atoms with E-state index < -0.39 is 5.97 Å². The topological polar surface area (TPSA) is 53.3 Å². The number of nitrogens with zero attached hydrogens (tertiary/aromatic N) is 2. The first-order valence-corrected chi connectivity index (χ1v) is 6.28. The molecule has 0 radical (unpaired) electrons. The molecule has 0 fully saturated rings. The van der Waals surface area contributed by atoms with E-state index in [1.54, 1.807) is 13.1 Å². The summed E-state index contributed by atoms with van der Waals surface area (Å²) in [7, 11) is 0. The molecule has 1 aromatic rings. The van der Waals surface area contributed by atoms with Crippen LogP contribution in [0.4, 0.5) is 0 Å². The number of hydrogen-bond acceptors (Lipinski definition) is 4. The normalized spacial score (nSPS) is 10.7. The molecular weight excluding hydrogens is 240 g/mol. The quantitative estimate of drug-likeness (QED) is 0.447. The van der Waals surface area contributed by atoms with Crippen LogP contribution in [0.2, 0.25) is 0 Å². The van der Waals surface area contributed by atoms with Crippen molar-refractivity contribution in [1.82, 2.24) is 4.90 Å². The van der Waals surface area contributed by atoms with Gasteiger partial charge in [0.15, 0.2) is 5.57 Å². The summed E-state index contributed by atoms with van der Waals surface area (Å²) >= 11 is 0. The first-order valence-electron chi connectivity index (χ1n) is 6.28. The molecular formula is C15H18N2O2. The minimum atomic E-state index is -0.573. The molecule has 0 saturated heterocycles. The minimum Gasteiger partial charge on any atom is -0.462 e. The van der Waals surface area contributed by atoms with Gasteiger partial charge in [0.25, 0.3) is 0 Å². The van der Waals surface area contributed by atoms with Gasteiger partial charge in [-0.25, -0.2) is 4.79 Å². The van der Waals surface area contributed by atoms with Crippen molar-refractivity contribution in [2.75, 3.05) is 13.2 Å². The number of rotatable bonds is 6. The van der Waals surface area contributed by atoms with Crippen molar-refractivity contribution in [2.24, 2.45) is 0 Å². The molecule has 0 aliphatic carbocycles. The van der Waals surface area contributed by atoms with E-state index in [0.717, 1.165) is 5.56 Å². The zero-order valence-corrected chi connectivity index (χ0v) is 11.3. The van der Waals surface area contributed by atoms with Crippen LogP contribution in [0.3, 0.4) is 0 Å². The molecule has 0 spiro atoms. The predicted octanol–water partition coefficient (Wildman–Crippen LogP) is 2.48. The van der Waals surface area contributed by atoms with E-state index in [4.69, 9.17) is 10.00 Å². The molecule has 0 aromatic heterocycles. The Morgan fingerprint density at radius 3 is 2.58 bits per heavy atom. The van der Waals surface area contributed by atoms with Gasteiger partial charge >= 0.3 is 5.97 Å². The van der Waals surface area contributed by atoms with E-state index in [2.05, 4.69) is 0 Å². The molecule has 1 aromatic carbocycles. The van der Waals surface area contributed by atoms with Crippen LogP contribution in [0, 0.1) is 11.3 Å². The molecule has 0 heterocycles. The number of nitriles is 1. The van der Waals surface area contributed by atoms with E-state index >= 15 is 0 Å². The SMILES string of the molecule is CCOC(=O)/C(C#N)=C/N(CC)Cc1ccccc1. The fourth-order valence-electron chi connectivity index (χ4n) is 1.59. The van der Waals surface area contributed by atoms with Crippen molar-refractivity contribution in [1.29, 1.82) is 5.26 Å². The van der Waals surface area contributed by atoms with Gasteiger partial charge in [-0.15, -0.1) is 0 Å². The summed E-state index contributed by atoms with van der Waals surface area (Å²) in [6.45, 7) is 5.32. The van der Waals surface area contributed by atoms with Gasteiger partial charge in [-0.1, -0.05) is 30.3 Å². The van der Waals surface area contributed by atoms with Gasteiger partial charge in [-0.2, -0.15) is 5.26 Å². The van der Waals surface area contributed by atoms with Gasteiger partial charge in [0.2, 0.25) is 0 Å². The molecule has 100 valence electrons. The molecule has 19 heavy (non-hydrogen) atoms. The molecule has 0 unspecified atom stereocenters. The second kappa shape index (κ2) is 7.93. The molecule has 4 heteroatoms. The smallest absolute Gasteiger partial charge is 0.350 e. The summed E-state index contributed by atoms with van der Waals surface area (Å²) in [5, 5.41) is 8.99. The maximum atomic E-state index is 11.5. The highest BCUT2D eigenvalue weighted by atomic mass is 16.5. The summed E-state index contributed by atoms with van der Waals surface area (Å²) in [4.78, 5) is 13.4. The molecule has 0 aliphatic rings. The molecule has 0 aliphatic heterocycles. The van der Waals surface area contributed by atoms with Crippen molar-refractivity contribution in [3.8, 4) is 6.07 Å². The van der Waals surface area contributed by atoms with Crippen molar-refractivity contribution in [3.63, 3.8) is 0 Å². The summed E-state index contributed by atoms with van der Waals surface area (Å²) in [5.74, 6) is -0.573. The Hall–Kier alpha value is -2.28. The number of carbonyl (C=O) groups is 1. The lowest BCUT2D eigenvalue weighted by atomic mass is 10.2. The third-order valence-corrected chi connectivity index (χ3v) is 2.56. The van der Waals surface area contributed by atoms with Crippen LogP contribution in [-0.2, 0) is 16.1 Å². The highest BCUT2D eigenvalue weighted by Crippen LogP contribution is 2.07. The Kier molecular flexibility index (Phi) is 6.17. The molecule has 4 nitrogen and oxygen atoms in total. The van der Waals surface area contributed by atoms with Crippen molar-refractivity contribution in [2.45, 2.75) is 20.4 Å². The van der Waals surface area contributed by atoms with Crippen LogP contribution in [0.15, 0.2) is 42.1 Å². The van der Waals surface area contributed by atoms with E-state index in [0.29, 0.717) is 13.1 Å². The average molecular weight is 258 g/mol. The fraction of sp³-hybridized carbons (Fsp3) is 0.333. The lowest BCUT2D eigenvalue weighted by Gasteiger charge is -2.18. The van der Waals surface area contributed by atoms with Crippen LogP contribution < -0.4 is 0 Å². The molecule has 0 saturated carbocycles. The van der Waals surface area contributed by atoms with Crippen LogP contribution in [0.25, 0.3) is 0 Å². The Labute approximate surface area is 113 Å². The second-order valence-corrected chi connectivity index (χ2v) is 3.92. The summed E-state index contributed by atoms with van der Waals surface area (Å²) in [5.41, 5.74) is 1.15. The van der Waals surface area contributed by atoms with Gasteiger partial charge in [0, 0.05) is 19.3 Å². The summed E-state index contributed by atoms with van der Waals surface area (Å²) in [6.07, 6.45) is 1.56. The van der Waals surface area contributed by atoms with Crippen LogP contribution >= 0.6 is 0 Å². The lowest BCUT2D eigenvalue weighted by Crippen LogP contribution is -2.19. The number of esters is 1. The van der Waals surface area contributed by atoms with Gasteiger partial charge < -0.3 is 9.64 Å². The third-order valence-electron chi connectivity index (χ3n) is 2.56. The minimum absolute atomic E-state index is 0.0274. The maximum absolute atomic E-state index is 11.5. The molecule has 0 atom stereocenters. The number of benzene rings is 1. The number of hydrogen-bond donors (Lipinski definition) is 0. The Morgan fingerprint density at radius 1 is 1.37 bits per heavy atom. The number of ether oxygens (including phenoxy) is 1. The second-order valence-electron chi connectivity index (χ2n) is 3.92. The van der Waals surface area contributed by atoms with E-state index in [9.17, 15) is 4.79 Å². The molecule has 0 bridgehead atoms. The average Bonchev–Trinajstić information content (AvgIpc) is 2.44. The van der Waals surface area contributed by atoms with Crippen molar-refractivity contribution in [3.05, 3.63) is 47.7 Å². The number of carbonyl (C=O) groups excluding carboxylic acids is 1. The summed E-state index contributed by atoms with van der Waals surface area (Å²) < 4.78 is 4.83. The summed E-state index contributed by atoms with van der Waals surface area (Å²) in [6, 6.07) is 11.8. The monoisotopic (exact) mass is 258 g/mol. The van der Waals surface area contributed by atoms with E-state index in [1.165, 1.54) is 0 Å². The van der Waals surface area contributed by atoms with E-state index in [-0.39, 0.29) is 12.2 Å². The lowest BCUT2D eigenvalue weighted by molar-refractivity contribution is -0.138. The van der Waals surface area contributed by atoms with Gasteiger partial charge in [-0.3, -0.25) is 0 Å². The van der Waals surface area contributed by atoms with Gasteiger partial charge in [0.05, 0.1) is 6.61 Å². The first-order chi connectivity index (χ1) is 9.21. The molecule has 0 N–H and O–H groups in total. The Morgan fingerprint density at radius 2 is 2.05 bits per heavy atom. The first kappa shape index (κ1) is 14.8. The van der Waals surface area contributed by atoms with Gasteiger partial charge in [-0.05, 0) is 19.4 Å². The molecule has 1 rings (SSSR count). The van der Waals surface area contributed by atoms with Gasteiger partial charge in [0.1, 0.15) is 6.07 Å². The zero-order chi connectivity index (χ0) is 14.1. The third kappa shape index (κ3) is 4.84. The standard InChI is InChI=1S/C15H18N2O2/c1-3-17(11-13-8-6-5-7-9-13)12-14(10-16)15(18)19-4-2/h5-9,12H,3-4,11H2,1-2H3/b14-12+. The Bertz CT molecular complexity index is 475. The van der Waals surface area contributed by atoms with Crippen molar-refractivity contribution < 1.29 is 9.53 Å². The van der Waals surface area contributed by atoms with Crippen LogP contribution in [0.1, 0.15) is 19.4 Å².